The van der Waals surface area contributed by atoms with Gasteiger partial charge < -0.3 is 5.11 Å². The summed E-state index contributed by atoms with van der Waals surface area (Å²) in [4.78, 5) is 12.6. The molecule has 0 aliphatic heterocycles. The van der Waals surface area contributed by atoms with E-state index in [1.54, 1.807) is 0 Å². The molecule has 3 aromatic carbocycles. The fourth-order valence-electron chi connectivity index (χ4n) is 5.11. The van der Waals surface area contributed by atoms with Gasteiger partial charge in [0.1, 0.15) is 0 Å². The summed E-state index contributed by atoms with van der Waals surface area (Å²) in [7, 11) is 0. The molecule has 0 heterocycles. The van der Waals surface area contributed by atoms with Crippen LogP contribution in [-0.2, 0) is 18.3 Å². The van der Waals surface area contributed by atoms with Crippen molar-refractivity contribution in [3.05, 3.63) is 103 Å². The van der Waals surface area contributed by atoms with E-state index >= 15 is 0 Å². The summed E-state index contributed by atoms with van der Waals surface area (Å²) >= 11 is 0. The molecule has 1 N–H and O–H groups in total. The van der Waals surface area contributed by atoms with E-state index in [9.17, 15) is 9.90 Å². The van der Waals surface area contributed by atoms with Crippen LogP contribution in [0.25, 0.3) is 0 Å². The molecule has 0 aromatic heterocycles. The van der Waals surface area contributed by atoms with Crippen LogP contribution in [0.1, 0.15) is 92.3 Å². The van der Waals surface area contributed by atoms with Gasteiger partial charge in [0.15, 0.2) is 0 Å². The van der Waals surface area contributed by atoms with Gasteiger partial charge in [-0.3, -0.25) is 0 Å². The van der Waals surface area contributed by atoms with Gasteiger partial charge in [0.2, 0.25) is 0 Å². The zero-order chi connectivity index (χ0) is 24.7. The predicted octanol–water partition coefficient (Wildman–Crippen LogP) is 7.71. The lowest BCUT2D eigenvalue weighted by atomic mass is 9.80. The maximum atomic E-state index is 12.6. The fraction of sp³-hybridized carbons (Fsp3) is 0.387. The van der Waals surface area contributed by atoms with Gasteiger partial charge in [0, 0.05) is 0 Å². The van der Waals surface area contributed by atoms with Gasteiger partial charge in [-0.2, -0.15) is 0 Å². The van der Waals surface area contributed by atoms with E-state index in [1.165, 1.54) is 50.1 Å². The summed E-state index contributed by atoms with van der Waals surface area (Å²) in [6, 6.07) is 13.0. The maximum Gasteiger partial charge on any atom is 0.336 e. The van der Waals surface area contributed by atoms with Crippen LogP contribution in [0.15, 0.2) is 36.4 Å². The van der Waals surface area contributed by atoms with Crippen molar-refractivity contribution in [2.45, 2.75) is 80.6 Å². The Morgan fingerprint density at radius 1 is 0.667 bits per heavy atom. The van der Waals surface area contributed by atoms with E-state index in [2.05, 4.69) is 98.7 Å². The van der Waals surface area contributed by atoms with Crippen LogP contribution >= 0.6 is 0 Å². The third kappa shape index (κ3) is 5.38. The average Bonchev–Trinajstić information content (AvgIpc) is 2.66. The van der Waals surface area contributed by atoms with Crippen molar-refractivity contribution < 1.29 is 9.90 Å². The van der Waals surface area contributed by atoms with E-state index in [1.807, 2.05) is 0 Å². The number of hydrogen-bond acceptors (Lipinski definition) is 1. The van der Waals surface area contributed by atoms with Crippen molar-refractivity contribution >= 4 is 5.97 Å². The van der Waals surface area contributed by atoms with E-state index in [0.717, 1.165) is 11.1 Å². The third-order valence-electron chi connectivity index (χ3n) is 6.80. The number of benzene rings is 3. The van der Waals surface area contributed by atoms with E-state index < -0.39 is 5.97 Å². The van der Waals surface area contributed by atoms with Crippen LogP contribution < -0.4 is 0 Å². The van der Waals surface area contributed by atoms with Gasteiger partial charge in [-0.15, -0.1) is 0 Å². The Labute approximate surface area is 199 Å². The molecule has 33 heavy (non-hydrogen) atoms. The number of carboxylic acid groups (broad SMARTS) is 1. The Hall–Kier alpha value is -2.87. The standard InChI is InChI=1S/C31H38O2/c1-18-10-20(3)27(21(4)11-18)16-24-14-26(31(7,8)9)15-25(29(24)30(32)33)17-28-22(5)12-19(2)13-23(28)6/h10-15H,16-17H2,1-9H3,(H,32,33). The van der Waals surface area contributed by atoms with Crippen LogP contribution in [0.5, 0.6) is 0 Å². The number of rotatable bonds is 5. The monoisotopic (exact) mass is 442 g/mol. The quantitative estimate of drug-likeness (QED) is 0.439. The Balaban J connectivity index is 2.25. The van der Waals surface area contributed by atoms with Crippen molar-refractivity contribution in [3.63, 3.8) is 0 Å². The highest BCUT2D eigenvalue weighted by Crippen LogP contribution is 2.32. The summed E-state index contributed by atoms with van der Waals surface area (Å²) in [6.45, 7) is 19.3. The molecule has 0 aliphatic carbocycles. The van der Waals surface area contributed by atoms with Crippen LogP contribution in [-0.4, -0.2) is 11.1 Å². The molecule has 0 unspecified atom stereocenters. The molecule has 3 rings (SSSR count). The average molecular weight is 443 g/mol. The second-order valence-corrected chi connectivity index (χ2v) is 10.8. The molecule has 3 aromatic rings. The summed E-state index contributed by atoms with van der Waals surface area (Å²) in [6.07, 6.45) is 1.25. The van der Waals surface area contributed by atoms with Crippen molar-refractivity contribution in [1.29, 1.82) is 0 Å². The van der Waals surface area contributed by atoms with Gasteiger partial charge in [0.25, 0.3) is 0 Å². The Kier molecular flexibility index (Phi) is 6.88. The van der Waals surface area contributed by atoms with Gasteiger partial charge in [-0.05, 0) is 110 Å². The van der Waals surface area contributed by atoms with E-state index in [0.29, 0.717) is 18.4 Å². The molecule has 0 saturated heterocycles. The molecule has 0 saturated carbocycles. The van der Waals surface area contributed by atoms with Gasteiger partial charge in [0.05, 0.1) is 5.56 Å². The summed E-state index contributed by atoms with van der Waals surface area (Å²) in [5.74, 6) is -0.842. The first-order chi connectivity index (χ1) is 15.3. The Morgan fingerprint density at radius 3 is 1.27 bits per heavy atom. The van der Waals surface area contributed by atoms with Crippen molar-refractivity contribution in [1.82, 2.24) is 0 Å². The molecule has 0 amide bonds. The van der Waals surface area contributed by atoms with Gasteiger partial charge >= 0.3 is 5.97 Å². The van der Waals surface area contributed by atoms with Crippen molar-refractivity contribution in [2.75, 3.05) is 0 Å². The molecular weight excluding hydrogens is 404 g/mol. The van der Waals surface area contributed by atoms with Crippen LogP contribution in [0.2, 0.25) is 0 Å². The summed E-state index contributed by atoms with van der Waals surface area (Å²) in [5, 5.41) is 10.4. The lowest BCUT2D eigenvalue weighted by Gasteiger charge is -2.24. The summed E-state index contributed by atoms with van der Waals surface area (Å²) in [5.41, 5.74) is 13.2. The number of carbonyl (C=O) groups is 1. The number of carboxylic acids is 1. The lowest BCUT2D eigenvalue weighted by molar-refractivity contribution is 0.0694. The number of hydrogen-bond donors (Lipinski definition) is 1. The minimum absolute atomic E-state index is 0.0741. The predicted molar refractivity (Wildman–Crippen MR) is 139 cm³/mol. The SMILES string of the molecule is Cc1cc(C)c(Cc2cc(C(C)(C)C)cc(Cc3c(C)cc(C)cc3C)c2C(=O)O)c(C)c1. The Morgan fingerprint density at radius 2 is 1.00 bits per heavy atom. The van der Waals surface area contributed by atoms with Crippen LogP contribution in [0.4, 0.5) is 0 Å². The highest BCUT2D eigenvalue weighted by molar-refractivity contribution is 5.92. The normalized spacial score (nSPS) is 11.7. The van der Waals surface area contributed by atoms with Gasteiger partial charge in [-0.1, -0.05) is 68.3 Å². The smallest absolute Gasteiger partial charge is 0.336 e. The molecule has 0 fully saturated rings. The van der Waals surface area contributed by atoms with Gasteiger partial charge in [-0.25, -0.2) is 4.79 Å². The third-order valence-corrected chi connectivity index (χ3v) is 6.80. The highest BCUT2D eigenvalue weighted by Gasteiger charge is 2.24. The maximum absolute atomic E-state index is 12.6. The Bertz CT molecular complexity index is 1100. The molecule has 0 spiro atoms. The molecule has 2 heteroatoms. The number of aromatic carboxylic acids is 1. The topological polar surface area (TPSA) is 37.3 Å². The van der Waals surface area contributed by atoms with E-state index in [4.69, 9.17) is 0 Å². The molecule has 0 radical (unpaired) electrons. The first-order valence-corrected chi connectivity index (χ1v) is 11.8. The molecular formula is C31H38O2. The van der Waals surface area contributed by atoms with E-state index in [-0.39, 0.29) is 5.41 Å². The molecule has 174 valence electrons. The first-order valence-electron chi connectivity index (χ1n) is 11.8. The second kappa shape index (κ2) is 9.17. The fourth-order valence-corrected chi connectivity index (χ4v) is 5.11. The van der Waals surface area contributed by atoms with Crippen LogP contribution in [0, 0.1) is 41.5 Å². The van der Waals surface area contributed by atoms with Crippen molar-refractivity contribution in [3.8, 4) is 0 Å². The second-order valence-electron chi connectivity index (χ2n) is 10.8. The largest absolute Gasteiger partial charge is 0.478 e. The minimum atomic E-state index is -0.842. The number of aryl methyl sites for hydroxylation is 6. The molecule has 0 aliphatic rings. The molecule has 0 atom stereocenters. The molecule has 0 bridgehead atoms. The molecule has 2 nitrogen and oxygen atoms in total. The lowest BCUT2D eigenvalue weighted by Crippen LogP contribution is -2.17. The zero-order valence-corrected chi connectivity index (χ0v) is 21.7. The van der Waals surface area contributed by atoms with Crippen LogP contribution in [0.3, 0.4) is 0 Å². The summed E-state index contributed by atoms with van der Waals surface area (Å²) < 4.78 is 0. The first kappa shape index (κ1) is 24.8. The van der Waals surface area contributed by atoms with Crippen molar-refractivity contribution in [2.24, 2.45) is 0 Å². The zero-order valence-electron chi connectivity index (χ0n) is 21.7. The minimum Gasteiger partial charge on any atom is -0.478 e. The highest BCUT2D eigenvalue weighted by atomic mass is 16.4.